The van der Waals surface area contributed by atoms with Crippen molar-refractivity contribution in [3.05, 3.63) is 0 Å². The number of ketones is 1. The molecule has 0 saturated heterocycles. The number of carbonyl (C=O) groups excluding carboxylic acids is 1. The molecule has 0 bridgehead atoms. The normalized spacial score (nSPS) is 12.9. The van der Waals surface area contributed by atoms with Crippen molar-refractivity contribution in [2.24, 2.45) is 11.8 Å². The summed E-state index contributed by atoms with van der Waals surface area (Å²) in [6.07, 6.45) is 93.0. The minimum Gasteiger partial charge on any atom is -0.481 e. The van der Waals surface area contributed by atoms with Gasteiger partial charge >= 0.3 is 5.97 Å². The van der Waals surface area contributed by atoms with Gasteiger partial charge in [0.25, 0.3) is 0 Å². The molecule has 0 aromatic heterocycles. The Balaban J connectivity index is 3.35. The highest BCUT2D eigenvalue weighted by Gasteiger charge is 2.25. The van der Waals surface area contributed by atoms with Gasteiger partial charge in [-0.2, -0.15) is 0 Å². The molecule has 0 spiro atoms. The standard InChI is InChI=1S/C78H154O4/c1-4-6-8-10-12-14-16-18-20-22-38-42-46-50-54-58-62-66-70-74(3)76(79)72-68-64-60-56-52-48-44-40-36-34-32-30-28-26-24-25-27-29-31-33-35-37-41-45-49-53-57-61-65-69-73-77(80)75(78(81)82)71-67-63-59-55-51-47-43-39-23-21-19-17-15-13-11-9-7-5-2/h74-75,77,80H,4-73H2,1-3H3,(H,81,82). The van der Waals surface area contributed by atoms with Gasteiger partial charge in [-0.05, 0) is 25.7 Å². The first kappa shape index (κ1) is 81.1. The van der Waals surface area contributed by atoms with Crippen LogP contribution in [0, 0.1) is 11.8 Å². The summed E-state index contributed by atoms with van der Waals surface area (Å²) in [4.78, 5) is 24.6. The molecule has 0 aliphatic rings. The van der Waals surface area contributed by atoms with Crippen molar-refractivity contribution in [3.8, 4) is 0 Å². The quantitative estimate of drug-likeness (QED) is 0.0595. The fourth-order valence-electron chi connectivity index (χ4n) is 13.3. The highest BCUT2D eigenvalue weighted by molar-refractivity contribution is 5.80. The lowest BCUT2D eigenvalue weighted by Crippen LogP contribution is -2.28. The Labute approximate surface area is 517 Å². The third-order valence-corrected chi connectivity index (χ3v) is 19.4. The summed E-state index contributed by atoms with van der Waals surface area (Å²) < 4.78 is 0. The summed E-state index contributed by atoms with van der Waals surface area (Å²) in [6.45, 7) is 6.78. The lowest BCUT2D eigenvalue weighted by atomic mass is 9.91. The van der Waals surface area contributed by atoms with Crippen LogP contribution in [0.15, 0.2) is 0 Å². The second-order valence-corrected chi connectivity index (χ2v) is 27.6. The van der Waals surface area contributed by atoms with E-state index in [0.717, 1.165) is 44.9 Å². The minimum atomic E-state index is -0.803. The Morgan fingerprint density at radius 1 is 0.244 bits per heavy atom. The van der Waals surface area contributed by atoms with Crippen molar-refractivity contribution in [1.82, 2.24) is 0 Å². The average Bonchev–Trinajstić information content (AvgIpc) is 3.47. The Kier molecular flexibility index (Phi) is 70.1. The topological polar surface area (TPSA) is 74.6 Å². The van der Waals surface area contributed by atoms with Crippen molar-refractivity contribution < 1.29 is 19.8 Å². The number of Topliss-reactive ketones (excluding diaryl/α,β-unsaturated/α-hetero) is 1. The number of hydrogen-bond acceptors (Lipinski definition) is 3. The zero-order chi connectivity index (χ0) is 59.4. The summed E-state index contributed by atoms with van der Waals surface area (Å²) in [5.74, 6) is -0.578. The van der Waals surface area contributed by atoms with Gasteiger partial charge in [-0.15, -0.1) is 0 Å². The number of hydrogen-bond donors (Lipinski definition) is 2. The largest absolute Gasteiger partial charge is 0.481 e. The van der Waals surface area contributed by atoms with Crippen molar-refractivity contribution in [2.45, 2.75) is 476 Å². The first-order chi connectivity index (χ1) is 40.4. The monoisotopic (exact) mass is 1160 g/mol. The third kappa shape index (κ3) is 65.1. The van der Waals surface area contributed by atoms with Crippen LogP contribution in [-0.2, 0) is 9.59 Å². The minimum absolute atomic E-state index is 0.279. The van der Waals surface area contributed by atoms with E-state index in [4.69, 9.17) is 0 Å². The summed E-state index contributed by atoms with van der Waals surface area (Å²) in [7, 11) is 0. The first-order valence-corrected chi connectivity index (χ1v) is 38.9. The molecule has 0 aliphatic heterocycles. The molecule has 3 atom stereocenters. The maximum atomic E-state index is 12.7. The van der Waals surface area contributed by atoms with Gasteiger partial charge in [0.2, 0.25) is 0 Å². The molecule has 3 unspecified atom stereocenters. The van der Waals surface area contributed by atoms with Crippen LogP contribution in [0.2, 0.25) is 0 Å². The molecule has 4 nitrogen and oxygen atoms in total. The highest BCUT2D eigenvalue weighted by Crippen LogP contribution is 2.24. The predicted molar refractivity (Wildman–Crippen MR) is 366 cm³/mol. The third-order valence-electron chi connectivity index (χ3n) is 19.4. The number of carboxylic acid groups (broad SMARTS) is 1. The van der Waals surface area contributed by atoms with Crippen LogP contribution in [0.3, 0.4) is 0 Å². The van der Waals surface area contributed by atoms with Crippen LogP contribution in [0.4, 0.5) is 0 Å². The number of carboxylic acids is 1. The van der Waals surface area contributed by atoms with E-state index in [9.17, 15) is 19.8 Å². The SMILES string of the molecule is CCCCCCCCCCCCCCCCCCCCC(C)C(=O)CCCCCCCCCCCCCCCCCCCCCCCCCCCCCCCCC(O)C(CCCCCCCCCCCCCCCCCCCC)C(=O)O. The van der Waals surface area contributed by atoms with Gasteiger partial charge in [0.05, 0.1) is 12.0 Å². The summed E-state index contributed by atoms with van der Waals surface area (Å²) in [6, 6.07) is 0. The summed E-state index contributed by atoms with van der Waals surface area (Å²) in [5.41, 5.74) is 0. The molecule has 82 heavy (non-hydrogen) atoms. The Bertz CT molecular complexity index is 1200. The summed E-state index contributed by atoms with van der Waals surface area (Å²) in [5, 5.41) is 20.5. The fourth-order valence-corrected chi connectivity index (χ4v) is 13.3. The maximum Gasteiger partial charge on any atom is 0.309 e. The van der Waals surface area contributed by atoms with E-state index in [-0.39, 0.29) is 5.92 Å². The predicted octanol–water partition coefficient (Wildman–Crippen LogP) is 27.6. The smallest absolute Gasteiger partial charge is 0.309 e. The Morgan fingerprint density at radius 2 is 0.415 bits per heavy atom. The van der Waals surface area contributed by atoms with Crippen LogP contribution in [0.25, 0.3) is 0 Å². The number of unbranched alkanes of at least 4 members (excludes halogenated alkanes) is 63. The molecule has 0 aliphatic carbocycles. The van der Waals surface area contributed by atoms with Gasteiger partial charge < -0.3 is 10.2 Å². The molecule has 0 amide bonds. The van der Waals surface area contributed by atoms with Gasteiger partial charge in [0.1, 0.15) is 5.78 Å². The van der Waals surface area contributed by atoms with Crippen LogP contribution < -0.4 is 0 Å². The van der Waals surface area contributed by atoms with Crippen LogP contribution >= 0.6 is 0 Å². The van der Waals surface area contributed by atoms with Crippen molar-refractivity contribution in [3.63, 3.8) is 0 Å². The van der Waals surface area contributed by atoms with Crippen molar-refractivity contribution in [2.75, 3.05) is 0 Å². The van der Waals surface area contributed by atoms with Gasteiger partial charge in [-0.1, -0.05) is 438 Å². The summed E-state index contributed by atoms with van der Waals surface area (Å²) >= 11 is 0. The molecule has 0 radical (unpaired) electrons. The number of rotatable bonds is 74. The molecule has 490 valence electrons. The lowest BCUT2D eigenvalue weighted by molar-refractivity contribution is -0.146. The molecular weight excluding hydrogens is 1000 g/mol. The molecular formula is C78H154O4. The molecule has 2 N–H and O–H groups in total. The molecule has 0 fully saturated rings. The van der Waals surface area contributed by atoms with Crippen LogP contribution in [-0.4, -0.2) is 28.1 Å². The van der Waals surface area contributed by atoms with E-state index >= 15 is 0 Å². The fraction of sp³-hybridized carbons (Fsp3) is 0.974. The Hall–Kier alpha value is -0.900. The van der Waals surface area contributed by atoms with E-state index in [0.29, 0.717) is 18.6 Å². The molecule has 0 aromatic carbocycles. The van der Waals surface area contributed by atoms with Crippen molar-refractivity contribution >= 4 is 11.8 Å². The van der Waals surface area contributed by atoms with Gasteiger partial charge in [-0.25, -0.2) is 0 Å². The zero-order valence-corrected chi connectivity index (χ0v) is 56.9. The van der Waals surface area contributed by atoms with Crippen LogP contribution in [0.1, 0.15) is 470 Å². The van der Waals surface area contributed by atoms with Crippen LogP contribution in [0.5, 0.6) is 0 Å². The maximum absolute atomic E-state index is 12.7. The van der Waals surface area contributed by atoms with Gasteiger partial charge in [0.15, 0.2) is 0 Å². The Morgan fingerprint density at radius 3 is 0.622 bits per heavy atom. The average molecular weight is 1160 g/mol. The molecule has 0 heterocycles. The van der Waals surface area contributed by atoms with E-state index in [1.54, 1.807) is 0 Å². The second kappa shape index (κ2) is 70.9. The van der Waals surface area contributed by atoms with E-state index < -0.39 is 18.0 Å². The number of aliphatic hydroxyl groups is 1. The lowest BCUT2D eigenvalue weighted by Gasteiger charge is -2.19. The van der Waals surface area contributed by atoms with Crippen molar-refractivity contribution in [1.29, 1.82) is 0 Å². The number of aliphatic hydroxyl groups excluding tert-OH is 1. The van der Waals surface area contributed by atoms with E-state index in [1.807, 2.05) is 0 Å². The number of aliphatic carboxylic acids is 1. The van der Waals surface area contributed by atoms with Gasteiger partial charge in [0, 0.05) is 12.3 Å². The molecule has 0 rings (SSSR count). The number of carbonyl (C=O) groups is 2. The van der Waals surface area contributed by atoms with E-state index in [2.05, 4.69) is 20.8 Å². The van der Waals surface area contributed by atoms with E-state index in [1.165, 1.54) is 392 Å². The highest BCUT2D eigenvalue weighted by atomic mass is 16.4. The molecule has 4 heteroatoms. The molecule has 0 saturated carbocycles. The molecule has 0 aromatic rings. The van der Waals surface area contributed by atoms with Gasteiger partial charge in [-0.3, -0.25) is 9.59 Å². The second-order valence-electron chi connectivity index (χ2n) is 27.6. The zero-order valence-electron chi connectivity index (χ0n) is 56.9. The first-order valence-electron chi connectivity index (χ1n) is 38.9.